The van der Waals surface area contributed by atoms with E-state index >= 15 is 0 Å². The molecule has 1 N–H and O–H groups in total. The van der Waals surface area contributed by atoms with Gasteiger partial charge in [0, 0.05) is 27.8 Å². The highest BCUT2D eigenvalue weighted by atomic mass is 32.1. The molecule has 4 rings (SSSR count). The first kappa shape index (κ1) is 18.1. The van der Waals surface area contributed by atoms with Crippen LogP contribution in [-0.2, 0) is 11.3 Å². The van der Waals surface area contributed by atoms with Crippen LogP contribution in [-0.4, -0.2) is 27.7 Å². The number of nitrogens with one attached hydrogen (secondary N) is 1. The Morgan fingerprint density at radius 2 is 1.82 bits per heavy atom. The maximum absolute atomic E-state index is 12.7. The van der Waals surface area contributed by atoms with Gasteiger partial charge in [-0.25, -0.2) is 4.98 Å². The largest absolute Gasteiger partial charge is 0.349 e. The smallest absolute Gasteiger partial charge is 0.259 e. The summed E-state index contributed by atoms with van der Waals surface area (Å²) in [4.78, 5) is 31.3. The fourth-order valence-electron chi connectivity index (χ4n) is 3.26. The molecule has 2 aromatic carbocycles. The van der Waals surface area contributed by atoms with Gasteiger partial charge in [-0.3, -0.25) is 14.5 Å². The van der Waals surface area contributed by atoms with Crippen molar-refractivity contribution in [3.8, 4) is 10.6 Å². The Hall–Kier alpha value is -3.25. The molecule has 6 heteroatoms. The van der Waals surface area contributed by atoms with Crippen molar-refractivity contribution in [3.63, 3.8) is 0 Å². The van der Waals surface area contributed by atoms with Crippen molar-refractivity contribution < 1.29 is 9.59 Å². The van der Waals surface area contributed by atoms with Crippen LogP contribution in [0.4, 0.5) is 0 Å². The summed E-state index contributed by atoms with van der Waals surface area (Å²) in [6, 6.07) is 16.5. The minimum Gasteiger partial charge on any atom is -0.349 e. The summed E-state index contributed by atoms with van der Waals surface area (Å²) >= 11 is 1.54. The number of carbonyl (C=O) groups excluding carboxylic acids is 2. The SMILES string of the molecule is C=C1c2ccccc2C(=O)N1C(C)C(=O)NCc1csc(-c2ccccc2)n1. The third-order valence-corrected chi connectivity index (χ3v) is 5.70. The van der Waals surface area contributed by atoms with Gasteiger partial charge in [-0.2, -0.15) is 0 Å². The average molecular weight is 389 g/mol. The summed E-state index contributed by atoms with van der Waals surface area (Å²) in [5.74, 6) is -0.431. The van der Waals surface area contributed by atoms with E-state index in [0.29, 0.717) is 17.8 Å². The van der Waals surface area contributed by atoms with Crippen molar-refractivity contribution in [1.29, 1.82) is 0 Å². The van der Waals surface area contributed by atoms with Gasteiger partial charge in [0.1, 0.15) is 11.0 Å². The van der Waals surface area contributed by atoms with Gasteiger partial charge in [-0.05, 0) is 13.0 Å². The highest BCUT2D eigenvalue weighted by Gasteiger charge is 2.36. The van der Waals surface area contributed by atoms with Crippen molar-refractivity contribution >= 4 is 28.8 Å². The van der Waals surface area contributed by atoms with Gasteiger partial charge in [0.2, 0.25) is 5.91 Å². The number of carbonyl (C=O) groups is 2. The maximum atomic E-state index is 12.7. The molecule has 1 atom stereocenters. The summed E-state index contributed by atoms with van der Waals surface area (Å²) in [5, 5.41) is 5.73. The van der Waals surface area contributed by atoms with Crippen LogP contribution in [0, 0.1) is 0 Å². The number of amides is 2. The Morgan fingerprint density at radius 3 is 2.54 bits per heavy atom. The van der Waals surface area contributed by atoms with E-state index in [1.807, 2.05) is 53.9 Å². The molecule has 0 saturated heterocycles. The molecule has 28 heavy (non-hydrogen) atoms. The Labute approximate surface area is 167 Å². The highest BCUT2D eigenvalue weighted by molar-refractivity contribution is 7.13. The zero-order chi connectivity index (χ0) is 19.7. The second-order valence-corrected chi connectivity index (χ2v) is 7.43. The Kier molecular flexibility index (Phi) is 4.79. The summed E-state index contributed by atoms with van der Waals surface area (Å²) in [6.07, 6.45) is 0. The second kappa shape index (κ2) is 7.40. The lowest BCUT2D eigenvalue weighted by Gasteiger charge is -2.24. The van der Waals surface area contributed by atoms with E-state index in [1.54, 1.807) is 13.0 Å². The first-order chi connectivity index (χ1) is 13.6. The third-order valence-electron chi connectivity index (χ3n) is 4.76. The zero-order valence-electron chi connectivity index (χ0n) is 15.4. The van der Waals surface area contributed by atoms with E-state index in [4.69, 9.17) is 0 Å². The standard InChI is InChI=1S/C22H19N3O2S/c1-14-18-10-6-7-11-19(18)22(27)25(14)15(2)20(26)23-12-17-13-28-21(24-17)16-8-4-3-5-9-16/h3-11,13,15H,1,12H2,2H3,(H,23,26). The first-order valence-electron chi connectivity index (χ1n) is 8.95. The van der Waals surface area contributed by atoms with E-state index in [-0.39, 0.29) is 11.8 Å². The van der Waals surface area contributed by atoms with Gasteiger partial charge in [0.15, 0.2) is 0 Å². The minimum atomic E-state index is -0.653. The number of aromatic nitrogens is 1. The van der Waals surface area contributed by atoms with Crippen LogP contribution in [0.5, 0.6) is 0 Å². The van der Waals surface area contributed by atoms with E-state index in [0.717, 1.165) is 21.8 Å². The average Bonchev–Trinajstić information content (AvgIpc) is 3.30. The van der Waals surface area contributed by atoms with Crippen LogP contribution in [0.1, 0.15) is 28.5 Å². The van der Waals surface area contributed by atoms with Gasteiger partial charge in [0.25, 0.3) is 5.91 Å². The molecule has 1 unspecified atom stereocenters. The molecular formula is C22H19N3O2S. The number of rotatable bonds is 5. The predicted molar refractivity (Wildman–Crippen MR) is 111 cm³/mol. The molecule has 5 nitrogen and oxygen atoms in total. The second-order valence-electron chi connectivity index (χ2n) is 6.57. The molecular weight excluding hydrogens is 370 g/mol. The van der Waals surface area contributed by atoms with Gasteiger partial charge in [0.05, 0.1) is 12.2 Å². The number of benzene rings is 2. The number of nitrogens with zero attached hydrogens (tertiary/aromatic N) is 2. The Morgan fingerprint density at radius 1 is 1.14 bits per heavy atom. The first-order valence-corrected chi connectivity index (χ1v) is 9.83. The fourth-order valence-corrected chi connectivity index (χ4v) is 4.08. The molecule has 0 spiro atoms. The summed E-state index contributed by atoms with van der Waals surface area (Å²) in [6.45, 7) is 6.02. The maximum Gasteiger partial charge on any atom is 0.259 e. The van der Waals surface area contributed by atoms with E-state index in [9.17, 15) is 9.59 Å². The molecule has 0 aliphatic carbocycles. The van der Waals surface area contributed by atoms with Crippen LogP contribution >= 0.6 is 11.3 Å². The molecule has 140 valence electrons. The predicted octanol–water partition coefficient (Wildman–Crippen LogP) is 3.94. The van der Waals surface area contributed by atoms with Crippen molar-refractivity contribution in [3.05, 3.63) is 83.4 Å². The van der Waals surface area contributed by atoms with E-state index in [1.165, 1.54) is 16.2 Å². The molecule has 0 radical (unpaired) electrons. The van der Waals surface area contributed by atoms with E-state index in [2.05, 4.69) is 16.9 Å². The molecule has 1 aromatic heterocycles. The van der Waals surface area contributed by atoms with Crippen LogP contribution in [0.25, 0.3) is 16.3 Å². The van der Waals surface area contributed by atoms with Crippen LogP contribution in [0.2, 0.25) is 0 Å². The van der Waals surface area contributed by atoms with Gasteiger partial charge in [-0.15, -0.1) is 11.3 Å². The van der Waals surface area contributed by atoms with Gasteiger partial charge < -0.3 is 5.32 Å². The summed E-state index contributed by atoms with van der Waals surface area (Å²) in [5.41, 5.74) is 3.76. The number of hydrogen-bond donors (Lipinski definition) is 1. The lowest BCUT2D eigenvalue weighted by Crippen LogP contribution is -2.44. The van der Waals surface area contributed by atoms with Crippen LogP contribution in [0.15, 0.2) is 66.6 Å². The number of fused-ring (bicyclic) bond motifs is 1. The van der Waals surface area contributed by atoms with Crippen molar-refractivity contribution in [2.24, 2.45) is 0 Å². The van der Waals surface area contributed by atoms with Crippen LogP contribution < -0.4 is 5.32 Å². The van der Waals surface area contributed by atoms with Crippen molar-refractivity contribution in [2.75, 3.05) is 0 Å². The quantitative estimate of drug-likeness (QED) is 0.719. The molecule has 0 saturated carbocycles. The zero-order valence-corrected chi connectivity index (χ0v) is 16.2. The fraction of sp³-hybridized carbons (Fsp3) is 0.136. The topological polar surface area (TPSA) is 62.3 Å². The summed E-state index contributed by atoms with van der Waals surface area (Å²) in [7, 11) is 0. The van der Waals surface area contributed by atoms with Gasteiger partial charge in [-0.1, -0.05) is 55.1 Å². The monoisotopic (exact) mass is 389 g/mol. The minimum absolute atomic E-state index is 0.191. The molecule has 1 aliphatic rings. The van der Waals surface area contributed by atoms with Crippen molar-refractivity contribution in [2.45, 2.75) is 19.5 Å². The number of hydrogen-bond acceptors (Lipinski definition) is 4. The lowest BCUT2D eigenvalue weighted by atomic mass is 10.1. The highest BCUT2D eigenvalue weighted by Crippen LogP contribution is 2.32. The van der Waals surface area contributed by atoms with Crippen LogP contribution in [0.3, 0.4) is 0 Å². The molecule has 3 aromatic rings. The third kappa shape index (κ3) is 3.23. The summed E-state index contributed by atoms with van der Waals surface area (Å²) < 4.78 is 0. The lowest BCUT2D eigenvalue weighted by molar-refractivity contribution is -0.124. The Balaban J connectivity index is 1.42. The number of thiazole rings is 1. The van der Waals surface area contributed by atoms with Crippen molar-refractivity contribution in [1.82, 2.24) is 15.2 Å². The molecule has 2 heterocycles. The molecule has 2 amide bonds. The van der Waals surface area contributed by atoms with Gasteiger partial charge >= 0.3 is 0 Å². The van der Waals surface area contributed by atoms with E-state index < -0.39 is 6.04 Å². The molecule has 0 fully saturated rings. The Bertz CT molecular complexity index is 1020. The molecule has 0 bridgehead atoms. The molecule has 1 aliphatic heterocycles. The normalized spacial score (nSPS) is 14.1.